The van der Waals surface area contributed by atoms with Crippen LogP contribution in [0, 0.1) is 0 Å². The predicted molar refractivity (Wildman–Crippen MR) is 77.9 cm³/mol. The third-order valence-corrected chi connectivity index (χ3v) is 3.50. The molecule has 0 saturated heterocycles. The minimum absolute atomic E-state index is 0.118. The number of H-pyrrole nitrogens is 1. The van der Waals surface area contributed by atoms with Crippen LogP contribution < -0.4 is 16.2 Å². The normalized spacial score (nSPS) is 13.9. The van der Waals surface area contributed by atoms with E-state index in [1.165, 1.54) is 12.3 Å². The number of pyridine rings is 1. The molecule has 1 amide bonds. The SMILES string of the molecule is Nc1ccc2c(c1)N(C(=O)c1ccc(=O)[nH]c1)CCC2. The summed E-state index contributed by atoms with van der Waals surface area (Å²) < 4.78 is 0. The first-order chi connectivity index (χ1) is 9.65. The number of fused-ring (bicyclic) bond motifs is 1. The molecule has 0 radical (unpaired) electrons. The maximum Gasteiger partial charge on any atom is 0.259 e. The van der Waals surface area contributed by atoms with Gasteiger partial charge in [-0.2, -0.15) is 0 Å². The van der Waals surface area contributed by atoms with Gasteiger partial charge in [-0.05, 0) is 36.6 Å². The first-order valence-electron chi connectivity index (χ1n) is 6.54. The topological polar surface area (TPSA) is 79.2 Å². The zero-order valence-electron chi connectivity index (χ0n) is 10.9. The van der Waals surface area contributed by atoms with E-state index in [9.17, 15) is 9.59 Å². The third-order valence-electron chi connectivity index (χ3n) is 3.50. The van der Waals surface area contributed by atoms with Gasteiger partial charge in [-0.1, -0.05) is 6.07 Å². The summed E-state index contributed by atoms with van der Waals surface area (Å²) in [6, 6.07) is 8.56. The average Bonchev–Trinajstić information content (AvgIpc) is 2.46. The minimum atomic E-state index is -0.218. The Kier molecular flexibility index (Phi) is 3.02. The molecule has 0 fully saturated rings. The maximum absolute atomic E-state index is 12.5. The summed E-state index contributed by atoms with van der Waals surface area (Å²) in [5.41, 5.74) is 8.71. The molecule has 3 N–H and O–H groups in total. The van der Waals surface area contributed by atoms with Gasteiger partial charge < -0.3 is 15.6 Å². The van der Waals surface area contributed by atoms with Crippen LogP contribution >= 0.6 is 0 Å². The number of anilines is 2. The Bertz CT molecular complexity index is 701. The number of carbonyl (C=O) groups excluding carboxylic acids is 1. The van der Waals surface area contributed by atoms with Gasteiger partial charge in [-0.3, -0.25) is 9.59 Å². The van der Waals surface area contributed by atoms with Crippen molar-refractivity contribution in [3.05, 3.63) is 58.0 Å². The van der Waals surface area contributed by atoms with Crippen LogP contribution in [0.4, 0.5) is 11.4 Å². The minimum Gasteiger partial charge on any atom is -0.399 e. The van der Waals surface area contributed by atoms with E-state index in [0.29, 0.717) is 17.8 Å². The Morgan fingerprint density at radius 2 is 2.10 bits per heavy atom. The number of aromatic nitrogens is 1. The molecule has 1 aliphatic heterocycles. The zero-order valence-corrected chi connectivity index (χ0v) is 10.9. The quantitative estimate of drug-likeness (QED) is 0.771. The number of rotatable bonds is 1. The number of amides is 1. The Balaban J connectivity index is 1.99. The van der Waals surface area contributed by atoms with Crippen molar-refractivity contribution in [3.63, 3.8) is 0 Å². The molecule has 1 aromatic carbocycles. The smallest absolute Gasteiger partial charge is 0.259 e. The molecular weight excluding hydrogens is 254 g/mol. The van der Waals surface area contributed by atoms with Gasteiger partial charge in [0.05, 0.1) is 5.56 Å². The largest absolute Gasteiger partial charge is 0.399 e. The summed E-state index contributed by atoms with van der Waals surface area (Å²) >= 11 is 0. The van der Waals surface area contributed by atoms with Crippen molar-refractivity contribution in [2.45, 2.75) is 12.8 Å². The molecule has 0 atom stereocenters. The van der Waals surface area contributed by atoms with Crippen LogP contribution in [-0.4, -0.2) is 17.4 Å². The van der Waals surface area contributed by atoms with Gasteiger partial charge >= 0.3 is 0 Å². The molecule has 1 aliphatic rings. The first-order valence-corrected chi connectivity index (χ1v) is 6.54. The van der Waals surface area contributed by atoms with E-state index in [-0.39, 0.29) is 11.5 Å². The number of aromatic amines is 1. The summed E-state index contributed by atoms with van der Waals surface area (Å²) in [7, 11) is 0. The fourth-order valence-electron chi connectivity index (χ4n) is 2.50. The molecule has 0 bridgehead atoms. The van der Waals surface area contributed by atoms with Crippen LogP contribution in [0.3, 0.4) is 0 Å². The molecule has 5 heteroatoms. The van der Waals surface area contributed by atoms with Gasteiger partial charge in [0.2, 0.25) is 5.56 Å². The van der Waals surface area contributed by atoms with Crippen molar-refractivity contribution in [1.29, 1.82) is 0 Å². The number of hydrogen-bond acceptors (Lipinski definition) is 3. The van der Waals surface area contributed by atoms with Crippen molar-refractivity contribution in [2.24, 2.45) is 0 Å². The van der Waals surface area contributed by atoms with Crippen LogP contribution in [0.15, 0.2) is 41.3 Å². The summed E-state index contributed by atoms with van der Waals surface area (Å²) in [6.07, 6.45) is 3.32. The molecule has 3 rings (SSSR count). The first kappa shape index (κ1) is 12.5. The molecule has 5 nitrogen and oxygen atoms in total. The number of nitrogens with zero attached hydrogens (tertiary/aromatic N) is 1. The molecule has 1 aromatic heterocycles. The highest BCUT2D eigenvalue weighted by molar-refractivity contribution is 6.06. The molecule has 102 valence electrons. The summed E-state index contributed by atoms with van der Waals surface area (Å²) in [6.45, 7) is 0.661. The highest BCUT2D eigenvalue weighted by Gasteiger charge is 2.23. The van der Waals surface area contributed by atoms with E-state index in [2.05, 4.69) is 4.98 Å². The van der Waals surface area contributed by atoms with E-state index in [4.69, 9.17) is 5.73 Å². The molecule has 2 heterocycles. The standard InChI is InChI=1S/C15H15N3O2/c16-12-5-3-10-2-1-7-18(13(10)8-12)15(20)11-4-6-14(19)17-9-11/h3-6,8-9H,1-2,7,16H2,(H,17,19). The monoisotopic (exact) mass is 269 g/mol. The number of nitrogens with two attached hydrogens (primary N) is 1. The number of benzene rings is 1. The van der Waals surface area contributed by atoms with E-state index < -0.39 is 0 Å². The molecule has 0 spiro atoms. The average molecular weight is 269 g/mol. The number of hydrogen-bond donors (Lipinski definition) is 2. The second-order valence-corrected chi connectivity index (χ2v) is 4.89. The molecular formula is C15H15N3O2. The van der Waals surface area contributed by atoms with E-state index in [1.54, 1.807) is 11.0 Å². The van der Waals surface area contributed by atoms with Gasteiger partial charge in [0.15, 0.2) is 0 Å². The molecule has 0 aliphatic carbocycles. The van der Waals surface area contributed by atoms with Crippen molar-refractivity contribution in [2.75, 3.05) is 17.2 Å². The van der Waals surface area contributed by atoms with Crippen LogP contribution in [0.25, 0.3) is 0 Å². The van der Waals surface area contributed by atoms with E-state index in [0.717, 1.165) is 24.1 Å². The second-order valence-electron chi connectivity index (χ2n) is 4.89. The number of nitrogens with one attached hydrogen (secondary N) is 1. The van der Waals surface area contributed by atoms with Gasteiger partial charge in [0, 0.05) is 30.2 Å². The number of nitrogen functional groups attached to an aromatic ring is 1. The lowest BCUT2D eigenvalue weighted by Gasteiger charge is -2.29. The highest BCUT2D eigenvalue weighted by atomic mass is 16.2. The summed E-state index contributed by atoms with van der Waals surface area (Å²) in [4.78, 5) is 27.9. The Labute approximate surface area is 116 Å². The summed E-state index contributed by atoms with van der Waals surface area (Å²) in [5, 5.41) is 0. The lowest BCUT2D eigenvalue weighted by atomic mass is 10.0. The van der Waals surface area contributed by atoms with Gasteiger partial charge in [-0.25, -0.2) is 0 Å². The molecule has 20 heavy (non-hydrogen) atoms. The second kappa shape index (κ2) is 4.85. The lowest BCUT2D eigenvalue weighted by molar-refractivity contribution is 0.0985. The van der Waals surface area contributed by atoms with Crippen LogP contribution in [0.5, 0.6) is 0 Å². The maximum atomic E-state index is 12.5. The van der Waals surface area contributed by atoms with Crippen molar-refractivity contribution in [1.82, 2.24) is 4.98 Å². The van der Waals surface area contributed by atoms with Gasteiger partial charge in [-0.15, -0.1) is 0 Å². The molecule has 2 aromatic rings. The third kappa shape index (κ3) is 2.18. The van der Waals surface area contributed by atoms with E-state index in [1.807, 2.05) is 18.2 Å². The van der Waals surface area contributed by atoms with Crippen molar-refractivity contribution in [3.8, 4) is 0 Å². The predicted octanol–water partition coefficient (Wildman–Crippen LogP) is 1.55. The highest BCUT2D eigenvalue weighted by Crippen LogP contribution is 2.30. The van der Waals surface area contributed by atoms with Crippen molar-refractivity contribution >= 4 is 17.3 Å². The number of carbonyl (C=O) groups is 1. The fraction of sp³-hybridized carbons (Fsp3) is 0.200. The Morgan fingerprint density at radius 1 is 1.25 bits per heavy atom. The Morgan fingerprint density at radius 3 is 2.85 bits per heavy atom. The molecule has 0 saturated carbocycles. The van der Waals surface area contributed by atoms with E-state index >= 15 is 0 Å². The van der Waals surface area contributed by atoms with Crippen molar-refractivity contribution < 1.29 is 4.79 Å². The molecule has 0 unspecified atom stereocenters. The zero-order chi connectivity index (χ0) is 14.1. The number of aryl methyl sites for hydroxylation is 1. The van der Waals surface area contributed by atoms with Crippen LogP contribution in [-0.2, 0) is 6.42 Å². The van der Waals surface area contributed by atoms with Crippen LogP contribution in [0.2, 0.25) is 0 Å². The summed E-state index contributed by atoms with van der Waals surface area (Å²) in [5.74, 6) is -0.118. The lowest BCUT2D eigenvalue weighted by Crippen LogP contribution is -2.35. The fourth-order valence-corrected chi connectivity index (χ4v) is 2.50. The van der Waals surface area contributed by atoms with Crippen LogP contribution in [0.1, 0.15) is 22.3 Å². The van der Waals surface area contributed by atoms with Gasteiger partial charge in [0.25, 0.3) is 5.91 Å². The Hall–Kier alpha value is -2.56. The van der Waals surface area contributed by atoms with Gasteiger partial charge in [0.1, 0.15) is 0 Å².